The zero-order chi connectivity index (χ0) is 23.4. The number of carbonyl (C=O) groups excluding carboxylic acids is 2. The minimum absolute atomic E-state index is 0.196. The molecule has 1 unspecified atom stereocenters. The van der Waals surface area contributed by atoms with Crippen LogP contribution in [0.15, 0.2) is 72.8 Å². The Kier molecular flexibility index (Phi) is 6.60. The average Bonchev–Trinajstić information content (AvgIpc) is 3.11. The van der Waals surface area contributed by atoms with Gasteiger partial charge in [0.15, 0.2) is 0 Å². The van der Waals surface area contributed by atoms with Gasteiger partial charge in [0.2, 0.25) is 5.91 Å². The second-order valence-electron chi connectivity index (χ2n) is 7.63. The van der Waals surface area contributed by atoms with Crippen molar-refractivity contribution in [2.75, 3.05) is 0 Å². The zero-order valence-corrected chi connectivity index (χ0v) is 18.6. The molecule has 0 bridgehead atoms. The maximum atomic E-state index is 11.8. The molecule has 2 N–H and O–H groups in total. The lowest BCUT2D eigenvalue weighted by Crippen LogP contribution is -2.25. The molecule has 4 rings (SSSR count). The highest BCUT2D eigenvalue weighted by Crippen LogP contribution is 2.27. The van der Waals surface area contributed by atoms with Gasteiger partial charge in [-0.3, -0.25) is 14.9 Å². The van der Waals surface area contributed by atoms with Gasteiger partial charge in [-0.05, 0) is 60.4 Å². The van der Waals surface area contributed by atoms with Crippen molar-refractivity contribution in [1.29, 1.82) is 0 Å². The summed E-state index contributed by atoms with van der Waals surface area (Å²) in [6.07, 6.45) is 2.11. The van der Waals surface area contributed by atoms with Crippen LogP contribution in [0.4, 0.5) is 4.79 Å². The summed E-state index contributed by atoms with van der Waals surface area (Å²) in [5.41, 5.74) is 3.62. The quantitative estimate of drug-likeness (QED) is 0.368. The van der Waals surface area contributed by atoms with Crippen LogP contribution in [0.25, 0.3) is 11.6 Å². The predicted molar refractivity (Wildman–Crippen MR) is 128 cm³/mol. The molecule has 0 spiro atoms. The Morgan fingerprint density at radius 3 is 2.12 bits per heavy atom. The van der Waals surface area contributed by atoms with Crippen LogP contribution in [-0.2, 0) is 16.0 Å². The summed E-state index contributed by atoms with van der Waals surface area (Å²) in [4.78, 5) is 34.8. The molecule has 1 aliphatic rings. The number of carbonyl (C=O) groups is 3. The molecule has 0 aromatic heterocycles. The molecule has 1 atom stereocenters. The molecule has 6 nitrogen and oxygen atoms in total. The van der Waals surface area contributed by atoms with Gasteiger partial charge in [-0.2, -0.15) is 0 Å². The molecule has 7 heteroatoms. The van der Waals surface area contributed by atoms with Crippen molar-refractivity contribution in [2.24, 2.45) is 0 Å². The first-order valence-electron chi connectivity index (χ1n) is 10.3. The van der Waals surface area contributed by atoms with Gasteiger partial charge in [-0.15, -0.1) is 0 Å². The molecule has 0 aliphatic carbocycles. The first kappa shape index (κ1) is 22.4. The largest absolute Gasteiger partial charge is 0.478 e. The molecule has 0 saturated carbocycles. The second kappa shape index (κ2) is 9.75. The third-order valence-electron chi connectivity index (χ3n) is 5.13. The van der Waals surface area contributed by atoms with Crippen LogP contribution in [0.1, 0.15) is 22.3 Å². The average molecular weight is 460 g/mol. The summed E-state index contributed by atoms with van der Waals surface area (Å²) >= 11 is 1.00. The molecule has 1 aliphatic heterocycles. The number of imide groups is 1. The van der Waals surface area contributed by atoms with Gasteiger partial charge in [0.1, 0.15) is 11.5 Å². The van der Waals surface area contributed by atoms with E-state index in [1.165, 1.54) is 0 Å². The van der Waals surface area contributed by atoms with E-state index >= 15 is 0 Å². The zero-order valence-electron chi connectivity index (χ0n) is 17.8. The second-order valence-corrected chi connectivity index (χ2v) is 8.81. The number of benzene rings is 3. The number of aryl methyl sites for hydroxylation is 1. The van der Waals surface area contributed by atoms with Crippen LogP contribution >= 0.6 is 11.8 Å². The number of aliphatic carboxylic acids is 1. The van der Waals surface area contributed by atoms with Crippen molar-refractivity contribution in [3.8, 4) is 11.5 Å². The van der Waals surface area contributed by atoms with E-state index in [0.717, 1.165) is 28.5 Å². The fourth-order valence-corrected chi connectivity index (χ4v) is 4.23. The SMILES string of the molecule is Cc1ccc(/C=C(\C(=O)O)c2ccc(Oc3ccc(CC4SC(=O)NC4=O)cc3)cc2)cc1. The van der Waals surface area contributed by atoms with Crippen LogP contribution in [0.3, 0.4) is 0 Å². The van der Waals surface area contributed by atoms with Gasteiger partial charge in [-0.25, -0.2) is 4.79 Å². The van der Waals surface area contributed by atoms with Crippen molar-refractivity contribution in [3.05, 3.63) is 95.1 Å². The minimum atomic E-state index is -1.00. The highest BCUT2D eigenvalue weighted by molar-refractivity contribution is 8.15. The molecule has 2 amide bonds. The number of hydrogen-bond donors (Lipinski definition) is 2. The number of rotatable bonds is 7. The number of amides is 2. The monoisotopic (exact) mass is 459 g/mol. The number of hydrogen-bond acceptors (Lipinski definition) is 5. The molecule has 166 valence electrons. The Balaban J connectivity index is 1.43. The third kappa shape index (κ3) is 5.70. The van der Waals surface area contributed by atoms with Crippen molar-refractivity contribution >= 4 is 40.5 Å². The highest BCUT2D eigenvalue weighted by Gasteiger charge is 2.31. The fourth-order valence-electron chi connectivity index (χ4n) is 3.37. The van der Waals surface area contributed by atoms with Gasteiger partial charge in [0, 0.05) is 0 Å². The van der Waals surface area contributed by atoms with E-state index in [1.807, 2.05) is 43.3 Å². The van der Waals surface area contributed by atoms with E-state index in [-0.39, 0.29) is 16.7 Å². The van der Waals surface area contributed by atoms with E-state index in [2.05, 4.69) is 5.32 Å². The van der Waals surface area contributed by atoms with Crippen molar-refractivity contribution in [3.63, 3.8) is 0 Å². The van der Waals surface area contributed by atoms with Gasteiger partial charge in [0.05, 0.1) is 10.8 Å². The first-order chi connectivity index (χ1) is 15.9. The molecule has 0 radical (unpaired) electrons. The van der Waals surface area contributed by atoms with E-state index in [4.69, 9.17) is 4.74 Å². The van der Waals surface area contributed by atoms with E-state index in [0.29, 0.717) is 23.5 Å². The molecule has 1 fully saturated rings. The molecule has 3 aromatic rings. The lowest BCUT2D eigenvalue weighted by molar-refractivity contribution is -0.130. The van der Waals surface area contributed by atoms with E-state index in [1.54, 1.807) is 42.5 Å². The van der Waals surface area contributed by atoms with Crippen LogP contribution < -0.4 is 10.1 Å². The van der Waals surface area contributed by atoms with Crippen molar-refractivity contribution < 1.29 is 24.2 Å². The predicted octanol–water partition coefficient (Wildman–Crippen LogP) is 5.31. The number of carboxylic acids is 1. The lowest BCUT2D eigenvalue weighted by Gasteiger charge is -2.09. The van der Waals surface area contributed by atoms with Crippen LogP contribution in [0.2, 0.25) is 0 Å². The molecular weight excluding hydrogens is 438 g/mol. The molecule has 1 heterocycles. The number of thioether (sulfide) groups is 1. The maximum absolute atomic E-state index is 11.8. The van der Waals surface area contributed by atoms with Crippen LogP contribution in [-0.4, -0.2) is 27.5 Å². The van der Waals surface area contributed by atoms with E-state index < -0.39 is 11.2 Å². The Morgan fingerprint density at radius 2 is 1.58 bits per heavy atom. The van der Waals surface area contributed by atoms with Crippen molar-refractivity contribution in [2.45, 2.75) is 18.6 Å². The number of carboxylic acid groups (broad SMARTS) is 1. The Hall–Kier alpha value is -3.84. The normalized spacial score (nSPS) is 15.9. The summed E-state index contributed by atoms with van der Waals surface area (Å²) in [6.45, 7) is 1.98. The number of ether oxygens (including phenoxy) is 1. The Bertz CT molecular complexity index is 1220. The molecule has 3 aromatic carbocycles. The van der Waals surface area contributed by atoms with Crippen molar-refractivity contribution in [1.82, 2.24) is 5.32 Å². The smallest absolute Gasteiger partial charge is 0.336 e. The van der Waals surface area contributed by atoms with Gasteiger partial charge < -0.3 is 9.84 Å². The maximum Gasteiger partial charge on any atom is 0.336 e. The van der Waals surface area contributed by atoms with Gasteiger partial charge in [0.25, 0.3) is 5.24 Å². The van der Waals surface area contributed by atoms with Gasteiger partial charge >= 0.3 is 5.97 Å². The molecule has 1 saturated heterocycles. The van der Waals surface area contributed by atoms with E-state index in [9.17, 15) is 19.5 Å². The third-order valence-corrected chi connectivity index (χ3v) is 6.11. The van der Waals surface area contributed by atoms with Crippen LogP contribution in [0.5, 0.6) is 11.5 Å². The lowest BCUT2D eigenvalue weighted by atomic mass is 10.0. The Labute approximate surface area is 195 Å². The summed E-state index contributed by atoms with van der Waals surface area (Å²) in [6, 6.07) is 21.8. The summed E-state index contributed by atoms with van der Waals surface area (Å²) in [5, 5.41) is 11.2. The Morgan fingerprint density at radius 1 is 0.970 bits per heavy atom. The van der Waals surface area contributed by atoms with Crippen LogP contribution in [0, 0.1) is 6.92 Å². The van der Waals surface area contributed by atoms with Gasteiger partial charge in [-0.1, -0.05) is 65.9 Å². The molecule has 33 heavy (non-hydrogen) atoms. The highest BCUT2D eigenvalue weighted by atomic mass is 32.2. The number of nitrogens with one attached hydrogen (secondary N) is 1. The fraction of sp³-hybridized carbons (Fsp3) is 0.115. The molecular formula is C26H21NO5S. The topological polar surface area (TPSA) is 92.7 Å². The summed E-state index contributed by atoms with van der Waals surface area (Å²) in [5.74, 6) is -0.0825. The standard InChI is InChI=1S/C26H21NO5S/c1-16-2-4-17(5-3-16)14-22(25(29)30)19-8-12-21(13-9-19)32-20-10-6-18(7-11-20)15-23-24(28)27-26(31)33-23/h2-14,23H,15H2,1H3,(H,29,30)(H,27,28,31)/b22-14-. The summed E-state index contributed by atoms with van der Waals surface area (Å²) < 4.78 is 5.86. The first-order valence-corrected chi connectivity index (χ1v) is 11.2. The minimum Gasteiger partial charge on any atom is -0.478 e. The summed E-state index contributed by atoms with van der Waals surface area (Å²) in [7, 11) is 0.